The number of hydrogen-bond donors (Lipinski definition) is 4. The van der Waals surface area contributed by atoms with Crippen LogP contribution >= 0.6 is 0 Å². The number of fused-ring (bicyclic) bond motifs is 1. The number of aliphatic hydroxyl groups excluding tert-OH is 1. The van der Waals surface area contributed by atoms with Gasteiger partial charge in [-0.3, -0.25) is 0 Å². The highest BCUT2D eigenvalue weighted by atomic mass is 16.3. The Kier molecular flexibility index (Phi) is 3.93. The Morgan fingerprint density at radius 1 is 1.39 bits per heavy atom. The summed E-state index contributed by atoms with van der Waals surface area (Å²) in [6.45, 7) is 4.79. The maximum atomic E-state index is 9.24. The molecule has 1 unspecified atom stereocenters. The van der Waals surface area contributed by atoms with E-state index in [-0.39, 0.29) is 12.6 Å². The maximum absolute atomic E-state index is 9.24. The molecule has 0 aliphatic carbocycles. The quantitative estimate of drug-likeness (QED) is 0.609. The monoisotopic (exact) mass is 250 g/mol. The maximum Gasteiger partial charge on any atom is 0.226 e. The minimum atomic E-state index is -0.0270. The van der Waals surface area contributed by atoms with Crippen LogP contribution in [0.2, 0.25) is 0 Å². The lowest BCUT2D eigenvalue weighted by atomic mass is 10.2. The molecule has 4 N–H and O–H groups in total. The topological polar surface area (TPSA) is 98.8 Å². The zero-order valence-electron chi connectivity index (χ0n) is 10.6. The highest BCUT2D eigenvalue weighted by Crippen LogP contribution is 2.19. The van der Waals surface area contributed by atoms with Gasteiger partial charge in [-0.05, 0) is 13.3 Å². The summed E-state index contributed by atoms with van der Waals surface area (Å²) >= 11 is 0. The van der Waals surface area contributed by atoms with Gasteiger partial charge < -0.3 is 20.7 Å². The fourth-order valence-electron chi connectivity index (χ4n) is 1.64. The molecule has 2 heterocycles. The zero-order valence-corrected chi connectivity index (χ0v) is 10.6. The molecule has 0 aliphatic heterocycles. The number of rotatable bonds is 6. The van der Waals surface area contributed by atoms with Gasteiger partial charge in [-0.1, -0.05) is 6.92 Å². The Morgan fingerprint density at radius 2 is 2.22 bits per heavy atom. The number of imidazole rings is 1. The van der Waals surface area contributed by atoms with Crippen LogP contribution in [0.5, 0.6) is 0 Å². The first-order chi connectivity index (χ1) is 8.78. The second kappa shape index (κ2) is 5.63. The van der Waals surface area contributed by atoms with Crippen molar-refractivity contribution in [3.8, 4) is 0 Å². The predicted octanol–water partition coefficient (Wildman–Crippen LogP) is 0.967. The van der Waals surface area contributed by atoms with E-state index >= 15 is 0 Å². The first-order valence-electron chi connectivity index (χ1n) is 6.10. The summed E-state index contributed by atoms with van der Waals surface area (Å²) < 4.78 is 0. The lowest BCUT2D eigenvalue weighted by molar-refractivity contribution is 0.271. The van der Waals surface area contributed by atoms with Crippen molar-refractivity contribution in [2.45, 2.75) is 26.3 Å². The minimum absolute atomic E-state index is 0.0270. The molecular weight excluding hydrogens is 232 g/mol. The van der Waals surface area contributed by atoms with Gasteiger partial charge in [0.1, 0.15) is 5.52 Å². The minimum Gasteiger partial charge on any atom is -0.394 e. The predicted molar refractivity (Wildman–Crippen MR) is 70.6 cm³/mol. The SMILES string of the molecule is CCNc1nc(NC(CC)CO)c2[nH]cnc2n1. The summed E-state index contributed by atoms with van der Waals surface area (Å²) in [5, 5.41) is 15.5. The van der Waals surface area contributed by atoms with Crippen LogP contribution in [0.15, 0.2) is 6.33 Å². The van der Waals surface area contributed by atoms with Gasteiger partial charge in [0.15, 0.2) is 11.5 Å². The Hall–Kier alpha value is -1.89. The number of nitrogens with zero attached hydrogens (tertiary/aromatic N) is 3. The van der Waals surface area contributed by atoms with Crippen molar-refractivity contribution in [2.75, 3.05) is 23.8 Å². The van der Waals surface area contributed by atoms with Crippen LogP contribution < -0.4 is 10.6 Å². The molecule has 0 radical (unpaired) electrons. The Morgan fingerprint density at radius 3 is 2.89 bits per heavy atom. The molecule has 7 heteroatoms. The van der Waals surface area contributed by atoms with Crippen molar-refractivity contribution in [1.29, 1.82) is 0 Å². The summed E-state index contributed by atoms with van der Waals surface area (Å²) in [7, 11) is 0. The molecule has 1 atom stereocenters. The van der Waals surface area contributed by atoms with Crippen molar-refractivity contribution < 1.29 is 5.11 Å². The molecule has 0 aliphatic rings. The molecule has 0 spiro atoms. The van der Waals surface area contributed by atoms with E-state index in [1.807, 2.05) is 13.8 Å². The third-order valence-corrected chi connectivity index (χ3v) is 2.67. The van der Waals surface area contributed by atoms with E-state index in [0.29, 0.717) is 17.4 Å². The standard InChI is InChI=1S/C11H18N6O/c1-3-7(5-18)15-10-8-9(14-6-13-8)16-11(17-10)12-4-2/h6-7,18H,3-5H2,1-2H3,(H3,12,13,14,15,16,17). The Bertz CT molecular complexity index is 507. The molecule has 0 bridgehead atoms. The van der Waals surface area contributed by atoms with Crippen molar-refractivity contribution in [3.05, 3.63) is 6.33 Å². The van der Waals surface area contributed by atoms with Crippen LogP contribution in [-0.4, -0.2) is 44.2 Å². The van der Waals surface area contributed by atoms with Gasteiger partial charge in [0, 0.05) is 6.54 Å². The van der Waals surface area contributed by atoms with Gasteiger partial charge in [-0.25, -0.2) is 4.98 Å². The Balaban J connectivity index is 2.36. The van der Waals surface area contributed by atoms with E-state index in [2.05, 4.69) is 30.6 Å². The van der Waals surface area contributed by atoms with Gasteiger partial charge >= 0.3 is 0 Å². The largest absolute Gasteiger partial charge is 0.394 e. The molecule has 0 saturated carbocycles. The van der Waals surface area contributed by atoms with Crippen LogP contribution in [0.1, 0.15) is 20.3 Å². The second-order valence-corrected chi connectivity index (χ2v) is 3.96. The molecule has 0 fully saturated rings. The zero-order chi connectivity index (χ0) is 13.0. The third-order valence-electron chi connectivity index (χ3n) is 2.67. The molecule has 18 heavy (non-hydrogen) atoms. The van der Waals surface area contributed by atoms with Gasteiger partial charge in [0.25, 0.3) is 0 Å². The average Bonchev–Trinajstić information content (AvgIpc) is 2.84. The number of anilines is 2. The summed E-state index contributed by atoms with van der Waals surface area (Å²) in [4.78, 5) is 15.8. The molecule has 0 aromatic carbocycles. The van der Waals surface area contributed by atoms with E-state index in [4.69, 9.17) is 0 Å². The molecule has 2 rings (SSSR count). The molecule has 2 aromatic heterocycles. The first-order valence-corrected chi connectivity index (χ1v) is 6.10. The molecule has 0 amide bonds. The van der Waals surface area contributed by atoms with E-state index in [9.17, 15) is 5.11 Å². The number of hydrogen-bond acceptors (Lipinski definition) is 6. The molecule has 0 saturated heterocycles. The fourth-order valence-corrected chi connectivity index (χ4v) is 1.64. The van der Waals surface area contributed by atoms with E-state index in [1.165, 1.54) is 0 Å². The summed E-state index contributed by atoms with van der Waals surface area (Å²) in [5.74, 6) is 1.20. The van der Waals surface area contributed by atoms with Crippen molar-refractivity contribution in [1.82, 2.24) is 19.9 Å². The first kappa shape index (κ1) is 12.6. The molecule has 2 aromatic rings. The third kappa shape index (κ3) is 2.51. The Labute approximate surface area is 105 Å². The highest BCUT2D eigenvalue weighted by molar-refractivity contribution is 5.83. The second-order valence-electron chi connectivity index (χ2n) is 3.96. The van der Waals surface area contributed by atoms with Crippen LogP contribution in [0, 0.1) is 0 Å². The summed E-state index contributed by atoms with van der Waals surface area (Å²) in [6.07, 6.45) is 2.40. The molecule has 7 nitrogen and oxygen atoms in total. The summed E-state index contributed by atoms with van der Waals surface area (Å²) in [5.41, 5.74) is 1.36. The van der Waals surface area contributed by atoms with Crippen LogP contribution in [0.3, 0.4) is 0 Å². The van der Waals surface area contributed by atoms with Crippen LogP contribution in [0.25, 0.3) is 11.2 Å². The summed E-state index contributed by atoms with van der Waals surface area (Å²) in [6, 6.07) is -0.0270. The number of nitrogens with one attached hydrogen (secondary N) is 3. The number of aromatic nitrogens is 4. The van der Waals surface area contributed by atoms with Gasteiger partial charge in [0.05, 0.1) is 19.0 Å². The highest BCUT2D eigenvalue weighted by Gasteiger charge is 2.12. The normalized spacial score (nSPS) is 12.6. The van der Waals surface area contributed by atoms with Crippen LogP contribution in [0.4, 0.5) is 11.8 Å². The number of aromatic amines is 1. The van der Waals surface area contributed by atoms with Gasteiger partial charge in [0.2, 0.25) is 5.95 Å². The van der Waals surface area contributed by atoms with E-state index in [0.717, 1.165) is 18.5 Å². The van der Waals surface area contributed by atoms with Crippen molar-refractivity contribution >= 4 is 22.9 Å². The van der Waals surface area contributed by atoms with Crippen LogP contribution in [-0.2, 0) is 0 Å². The number of H-pyrrole nitrogens is 1. The van der Waals surface area contributed by atoms with E-state index < -0.39 is 0 Å². The van der Waals surface area contributed by atoms with Gasteiger partial charge in [-0.2, -0.15) is 9.97 Å². The van der Waals surface area contributed by atoms with E-state index in [1.54, 1.807) is 6.33 Å². The smallest absolute Gasteiger partial charge is 0.226 e. The lowest BCUT2D eigenvalue weighted by Gasteiger charge is -2.15. The van der Waals surface area contributed by atoms with Crippen molar-refractivity contribution in [3.63, 3.8) is 0 Å². The molecular formula is C11H18N6O. The van der Waals surface area contributed by atoms with Crippen molar-refractivity contribution in [2.24, 2.45) is 0 Å². The fraction of sp³-hybridized carbons (Fsp3) is 0.545. The average molecular weight is 250 g/mol. The number of aliphatic hydroxyl groups is 1. The van der Waals surface area contributed by atoms with Gasteiger partial charge in [-0.15, -0.1) is 0 Å². The lowest BCUT2D eigenvalue weighted by Crippen LogP contribution is -2.23. The molecule has 98 valence electrons.